The van der Waals surface area contributed by atoms with Gasteiger partial charge in [0.1, 0.15) is 40.9 Å². The highest BCUT2D eigenvalue weighted by atomic mass is 16.5. The van der Waals surface area contributed by atoms with Gasteiger partial charge in [0.05, 0.1) is 18.4 Å². The van der Waals surface area contributed by atoms with Gasteiger partial charge in [-0.25, -0.2) is 0 Å². The minimum Gasteiger partial charge on any atom is -0.495 e. The van der Waals surface area contributed by atoms with E-state index in [0.29, 0.717) is 34.6 Å². The zero-order valence-corrected chi connectivity index (χ0v) is 18.6. The number of anilines is 1. The van der Waals surface area contributed by atoms with E-state index in [0.717, 1.165) is 24.0 Å². The molecule has 8 nitrogen and oxygen atoms in total. The summed E-state index contributed by atoms with van der Waals surface area (Å²) in [6.07, 6.45) is 2.15. The maximum atomic E-state index is 13.7. The number of methoxy groups -OCH3 is 1. The van der Waals surface area contributed by atoms with E-state index in [4.69, 9.17) is 19.1 Å². The highest BCUT2D eigenvalue weighted by Gasteiger charge is 2.50. The van der Waals surface area contributed by atoms with Crippen LogP contribution in [0.3, 0.4) is 0 Å². The van der Waals surface area contributed by atoms with Gasteiger partial charge in [-0.15, -0.1) is 0 Å². The molecule has 1 aliphatic heterocycles. The summed E-state index contributed by atoms with van der Waals surface area (Å²) in [4.78, 5) is 13.7. The van der Waals surface area contributed by atoms with Crippen LogP contribution in [0.25, 0.3) is 11.0 Å². The van der Waals surface area contributed by atoms with Gasteiger partial charge in [-0.1, -0.05) is 12.1 Å². The van der Waals surface area contributed by atoms with Crippen molar-refractivity contribution in [3.63, 3.8) is 0 Å². The van der Waals surface area contributed by atoms with E-state index in [1.165, 1.54) is 7.11 Å². The molecule has 0 bridgehead atoms. The maximum absolute atomic E-state index is 13.7. The summed E-state index contributed by atoms with van der Waals surface area (Å²) in [6.45, 7) is 1.35. The summed E-state index contributed by atoms with van der Waals surface area (Å²) in [5.74, 6) is 1.05. The van der Waals surface area contributed by atoms with Crippen molar-refractivity contribution in [2.24, 2.45) is 0 Å². The molecule has 0 spiro atoms. The standard InChI is InChI=1S/C25H27NO7/c1-25(29)9-3-4-15-20-17(33-24(15)25)11-18-21(23(20)31-2)22(28)16(19(12-27)32-18)10-13-5-7-14(26-30)8-6-13/h5-8,11,15,24,26-27,29-30H,3-4,9-10,12H2,1-2H3. The molecule has 2 aromatic carbocycles. The molecule has 0 amide bonds. The number of benzene rings is 2. The zero-order valence-electron chi connectivity index (χ0n) is 18.6. The van der Waals surface area contributed by atoms with E-state index in [2.05, 4.69) is 5.48 Å². The fourth-order valence-corrected chi connectivity index (χ4v) is 5.31. The lowest BCUT2D eigenvalue weighted by molar-refractivity contribution is -0.0725. The van der Waals surface area contributed by atoms with Crippen LogP contribution < -0.4 is 20.4 Å². The third-order valence-corrected chi connectivity index (χ3v) is 6.93. The SMILES string of the molecule is COc1c2c(cc3oc(CO)c(Cc4ccc(NO)cc4)c(=O)c13)OC1C2CCCC1(C)O. The number of fused-ring (bicyclic) bond motifs is 4. The first-order chi connectivity index (χ1) is 15.9. The molecular weight excluding hydrogens is 426 g/mol. The van der Waals surface area contributed by atoms with Crippen LogP contribution in [-0.4, -0.2) is 34.2 Å². The third kappa shape index (κ3) is 3.45. The number of ether oxygens (including phenoxy) is 2. The molecule has 2 heterocycles. The Hall–Kier alpha value is -3.07. The highest BCUT2D eigenvalue weighted by Crippen LogP contribution is 2.54. The van der Waals surface area contributed by atoms with E-state index in [-0.39, 0.29) is 29.1 Å². The first-order valence-corrected chi connectivity index (χ1v) is 11.1. The van der Waals surface area contributed by atoms with Crippen molar-refractivity contribution in [2.75, 3.05) is 12.6 Å². The number of aliphatic hydroxyl groups is 2. The minimum absolute atomic E-state index is 0.0815. The molecule has 0 radical (unpaired) electrons. The van der Waals surface area contributed by atoms with Gasteiger partial charge in [0.15, 0.2) is 5.43 Å². The number of nitrogens with one attached hydrogen (secondary N) is 1. The van der Waals surface area contributed by atoms with E-state index in [1.807, 2.05) is 0 Å². The van der Waals surface area contributed by atoms with Crippen molar-refractivity contribution in [1.29, 1.82) is 0 Å². The second-order valence-electron chi connectivity index (χ2n) is 9.07. The lowest BCUT2D eigenvalue weighted by Crippen LogP contribution is -2.47. The predicted molar refractivity (Wildman–Crippen MR) is 121 cm³/mol. The number of aliphatic hydroxyl groups excluding tert-OH is 1. The average molecular weight is 453 g/mol. The Kier molecular flexibility index (Phi) is 5.31. The summed E-state index contributed by atoms with van der Waals surface area (Å²) >= 11 is 0. The van der Waals surface area contributed by atoms with E-state index >= 15 is 0 Å². The van der Waals surface area contributed by atoms with Crippen molar-refractivity contribution in [1.82, 2.24) is 0 Å². The fourth-order valence-electron chi connectivity index (χ4n) is 5.31. The second-order valence-corrected chi connectivity index (χ2v) is 9.07. The Morgan fingerprint density at radius 1 is 1.27 bits per heavy atom. The summed E-state index contributed by atoms with van der Waals surface area (Å²) < 4.78 is 17.9. The topological polar surface area (TPSA) is 121 Å². The molecule has 3 unspecified atom stereocenters. The Labute approximate surface area is 190 Å². The normalized spacial score (nSPS) is 23.7. The lowest BCUT2D eigenvalue weighted by Gasteiger charge is -2.37. The molecule has 174 valence electrons. The molecular formula is C25H27NO7. The molecule has 5 rings (SSSR count). The Morgan fingerprint density at radius 3 is 2.70 bits per heavy atom. The number of hydrogen-bond donors (Lipinski definition) is 4. The molecule has 33 heavy (non-hydrogen) atoms. The van der Waals surface area contributed by atoms with Crippen LogP contribution in [-0.2, 0) is 13.0 Å². The van der Waals surface area contributed by atoms with Crippen molar-refractivity contribution >= 4 is 16.7 Å². The quantitative estimate of drug-likeness (QED) is 0.434. The lowest BCUT2D eigenvalue weighted by atomic mass is 9.74. The molecule has 0 saturated heterocycles. The molecule has 1 aliphatic carbocycles. The third-order valence-electron chi connectivity index (χ3n) is 6.93. The predicted octanol–water partition coefficient (Wildman–Crippen LogP) is 3.47. The fraction of sp³-hybridized carbons (Fsp3) is 0.400. The summed E-state index contributed by atoms with van der Waals surface area (Å²) in [7, 11) is 1.52. The van der Waals surface area contributed by atoms with Crippen LogP contribution in [0.1, 0.15) is 54.6 Å². The second kappa shape index (κ2) is 8.06. The van der Waals surface area contributed by atoms with Crippen molar-refractivity contribution in [2.45, 2.75) is 56.8 Å². The van der Waals surface area contributed by atoms with Gasteiger partial charge in [-0.3, -0.25) is 15.5 Å². The summed E-state index contributed by atoms with van der Waals surface area (Å²) in [6, 6.07) is 8.62. The summed E-state index contributed by atoms with van der Waals surface area (Å²) in [5.41, 5.74) is 3.60. The molecule has 3 aromatic rings. The van der Waals surface area contributed by atoms with Gasteiger partial charge in [0, 0.05) is 29.5 Å². The van der Waals surface area contributed by atoms with Crippen LogP contribution >= 0.6 is 0 Å². The van der Waals surface area contributed by atoms with Gasteiger partial charge in [0.2, 0.25) is 0 Å². The smallest absolute Gasteiger partial charge is 0.200 e. The molecule has 1 fully saturated rings. The maximum Gasteiger partial charge on any atom is 0.200 e. The molecule has 2 aliphatic rings. The highest BCUT2D eigenvalue weighted by molar-refractivity contribution is 5.89. The molecule has 1 aromatic heterocycles. The van der Waals surface area contributed by atoms with Crippen LogP contribution in [0.15, 0.2) is 39.5 Å². The van der Waals surface area contributed by atoms with Gasteiger partial charge in [-0.05, 0) is 43.9 Å². The van der Waals surface area contributed by atoms with E-state index in [9.17, 15) is 15.0 Å². The van der Waals surface area contributed by atoms with Gasteiger partial charge in [0.25, 0.3) is 0 Å². The first-order valence-electron chi connectivity index (χ1n) is 11.1. The van der Waals surface area contributed by atoms with Crippen LogP contribution in [0.5, 0.6) is 11.5 Å². The van der Waals surface area contributed by atoms with Gasteiger partial charge in [-0.2, -0.15) is 0 Å². The molecule has 8 heteroatoms. The molecule has 1 saturated carbocycles. The van der Waals surface area contributed by atoms with Gasteiger partial charge < -0.3 is 24.1 Å². The molecule has 4 N–H and O–H groups in total. The van der Waals surface area contributed by atoms with Crippen LogP contribution in [0.4, 0.5) is 5.69 Å². The van der Waals surface area contributed by atoms with Crippen LogP contribution in [0, 0.1) is 0 Å². The van der Waals surface area contributed by atoms with Crippen LogP contribution in [0.2, 0.25) is 0 Å². The number of hydrogen-bond acceptors (Lipinski definition) is 8. The monoisotopic (exact) mass is 453 g/mol. The molecule has 3 atom stereocenters. The van der Waals surface area contributed by atoms with E-state index in [1.54, 1.807) is 37.3 Å². The Morgan fingerprint density at radius 2 is 2.03 bits per heavy atom. The average Bonchev–Trinajstić information content (AvgIpc) is 3.19. The van der Waals surface area contributed by atoms with E-state index < -0.39 is 18.3 Å². The van der Waals surface area contributed by atoms with Gasteiger partial charge >= 0.3 is 0 Å². The number of rotatable bonds is 5. The largest absolute Gasteiger partial charge is 0.495 e. The van der Waals surface area contributed by atoms with Crippen molar-refractivity contribution in [3.05, 3.63) is 63.0 Å². The minimum atomic E-state index is -0.979. The Bertz CT molecular complexity index is 1260. The first kappa shape index (κ1) is 21.8. The van der Waals surface area contributed by atoms with Crippen molar-refractivity contribution in [3.8, 4) is 11.5 Å². The Balaban J connectivity index is 1.68. The van der Waals surface area contributed by atoms with Crippen molar-refractivity contribution < 1.29 is 29.3 Å². The zero-order chi connectivity index (χ0) is 23.3. The summed E-state index contributed by atoms with van der Waals surface area (Å²) in [5, 5.41) is 30.2.